The Hall–Kier alpha value is -2.55. The van der Waals surface area contributed by atoms with E-state index in [1.54, 1.807) is 0 Å². The fourth-order valence-corrected chi connectivity index (χ4v) is 5.83. The first kappa shape index (κ1) is 50.5. The van der Waals surface area contributed by atoms with Crippen LogP contribution >= 0.6 is 7.82 Å². The van der Waals surface area contributed by atoms with Gasteiger partial charge in [0.2, 0.25) is 0 Å². The Morgan fingerprint density at radius 2 is 1.04 bits per heavy atom. The number of nitrogens with two attached hydrogens (primary N) is 1. The van der Waals surface area contributed by atoms with Crippen LogP contribution in [0.5, 0.6) is 0 Å². The number of unbranched alkanes of at least 4 members (excludes halogenated alkanes) is 12. The van der Waals surface area contributed by atoms with Gasteiger partial charge in [-0.05, 0) is 83.5 Å². The molecule has 0 amide bonds. The average Bonchev–Trinajstić information content (AvgIpc) is 3.14. The molecule has 53 heavy (non-hydrogen) atoms. The molecule has 9 nitrogen and oxygen atoms in total. The maximum Gasteiger partial charge on any atom is 0.472 e. The normalized spacial score (nSPS) is 14.1. The summed E-state index contributed by atoms with van der Waals surface area (Å²) < 4.78 is 32.7. The Bertz CT molecular complexity index is 1100. The number of allylic oxidation sites excluding steroid dienone is 12. The van der Waals surface area contributed by atoms with E-state index < -0.39 is 32.5 Å². The highest BCUT2D eigenvalue weighted by Gasteiger charge is 2.25. The highest BCUT2D eigenvalue weighted by atomic mass is 31.2. The minimum absolute atomic E-state index is 0.0426. The van der Waals surface area contributed by atoms with Crippen LogP contribution in [-0.2, 0) is 32.7 Å². The van der Waals surface area contributed by atoms with Gasteiger partial charge >= 0.3 is 19.8 Å². The molecule has 0 aliphatic rings. The largest absolute Gasteiger partial charge is 0.472 e. The topological polar surface area (TPSA) is 134 Å². The monoisotopic (exact) mass is 764 g/mol. The van der Waals surface area contributed by atoms with Gasteiger partial charge in [-0.3, -0.25) is 18.6 Å². The summed E-state index contributed by atoms with van der Waals surface area (Å²) in [7, 11) is -4.39. The van der Waals surface area contributed by atoms with Crippen molar-refractivity contribution < 1.29 is 37.6 Å². The van der Waals surface area contributed by atoms with Gasteiger partial charge in [-0.2, -0.15) is 0 Å². The summed E-state index contributed by atoms with van der Waals surface area (Å²) in [6, 6.07) is 0. The van der Waals surface area contributed by atoms with Gasteiger partial charge in [0.1, 0.15) is 6.61 Å². The molecule has 0 rings (SSSR count). The molecule has 0 saturated carbocycles. The molecule has 1 unspecified atom stereocenters. The van der Waals surface area contributed by atoms with Crippen LogP contribution in [0.3, 0.4) is 0 Å². The van der Waals surface area contributed by atoms with Crippen LogP contribution in [0, 0.1) is 0 Å². The third-order valence-electron chi connectivity index (χ3n) is 8.08. The van der Waals surface area contributed by atoms with E-state index in [9.17, 15) is 19.0 Å². The Labute approximate surface area is 322 Å². The van der Waals surface area contributed by atoms with Crippen LogP contribution in [0.25, 0.3) is 0 Å². The first-order valence-corrected chi connectivity index (χ1v) is 21.9. The quantitative estimate of drug-likeness (QED) is 0.0274. The van der Waals surface area contributed by atoms with E-state index in [0.29, 0.717) is 12.8 Å². The number of ether oxygens (including phenoxy) is 2. The second kappa shape index (κ2) is 39.2. The smallest absolute Gasteiger partial charge is 0.462 e. The molecule has 10 heteroatoms. The van der Waals surface area contributed by atoms with E-state index in [2.05, 4.69) is 86.8 Å². The molecular weight excluding hydrogens is 689 g/mol. The highest BCUT2D eigenvalue weighted by molar-refractivity contribution is 7.47. The first-order chi connectivity index (χ1) is 25.8. The fraction of sp³-hybridized carbons (Fsp3) is 0.674. The zero-order valence-electron chi connectivity index (χ0n) is 33.2. The second-order valence-electron chi connectivity index (χ2n) is 13.1. The van der Waals surface area contributed by atoms with Crippen molar-refractivity contribution >= 4 is 19.8 Å². The minimum Gasteiger partial charge on any atom is -0.462 e. The van der Waals surface area contributed by atoms with Crippen molar-refractivity contribution in [3.8, 4) is 0 Å². The highest BCUT2D eigenvalue weighted by Crippen LogP contribution is 2.43. The Morgan fingerprint density at radius 1 is 0.585 bits per heavy atom. The molecule has 0 heterocycles. The van der Waals surface area contributed by atoms with Crippen molar-refractivity contribution in [2.75, 3.05) is 26.4 Å². The number of carbonyl (C=O) groups excluding carboxylic acids is 2. The predicted molar refractivity (Wildman–Crippen MR) is 219 cm³/mol. The van der Waals surface area contributed by atoms with Gasteiger partial charge in [0.25, 0.3) is 0 Å². The number of phosphoric acid groups is 1. The molecule has 0 saturated heterocycles. The maximum absolute atomic E-state index is 12.6. The average molecular weight is 764 g/mol. The van der Waals surface area contributed by atoms with Gasteiger partial charge in [0.15, 0.2) is 6.10 Å². The van der Waals surface area contributed by atoms with E-state index in [-0.39, 0.29) is 32.6 Å². The van der Waals surface area contributed by atoms with E-state index in [4.69, 9.17) is 24.3 Å². The number of rotatable bonds is 37. The lowest BCUT2D eigenvalue weighted by atomic mass is 10.1. The SMILES string of the molecule is CC/C=C\C/C=C\C/C=C\C/C=C\CCCCC(=O)OC[C@H](COP(=O)(O)OCCN)OC(=O)CCCCCCCCC/C=C\C/C=C\CCCCC. The third-order valence-corrected chi connectivity index (χ3v) is 9.06. The van der Waals surface area contributed by atoms with Crippen LogP contribution in [0.2, 0.25) is 0 Å². The summed E-state index contributed by atoms with van der Waals surface area (Å²) in [6.45, 7) is 3.51. The van der Waals surface area contributed by atoms with Gasteiger partial charge in [-0.25, -0.2) is 4.57 Å². The van der Waals surface area contributed by atoms with E-state index in [0.717, 1.165) is 70.6 Å². The molecule has 0 aromatic heterocycles. The molecule has 304 valence electrons. The summed E-state index contributed by atoms with van der Waals surface area (Å²) in [5.74, 6) is -0.894. The van der Waals surface area contributed by atoms with Crippen LogP contribution in [-0.4, -0.2) is 49.3 Å². The van der Waals surface area contributed by atoms with Gasteiger partial charge in [0, 0.05) is 19.4 Å². The van der Waals surface area contributed by atoms with Gasteiger partial charge in [0.05, 0.1) is 13.2 Å². The lowest BCUT2D eigenvalue weighted by molar-refractivity contribution is -0.161. The predicted octanol–water partition coefficient (Wildman–Crippen LogP) is 11.5. The Kier molecular flexibility index (Phi) is 37.3. The summed E-state index contributed by atoms with van der Waals surface area (Å²) in [4.78, 5) is 34.8. The van der Waals surface area contributed by atoms with Crippen molar-refractivity contribution in [3.63, 3.8) is 0 Å². The van der Waals surface area contributed by atoms with E-state index in [1.165, 1.54) is 44.9 Å². The molecule has 0 aliphatic carbocycles. The number of phosphoric ester groups is 1. The fourth-order valence-electron chi connectivity index (χ4n) is 5.07. The molecule has 0 aliphatic heterocycles. The number of hydrogen-bond acceptors (Lipinski definition) is 8. The molecule has 0 aromatic rings. The molecule has 0 radical (unpaired) electrons. The third kappa shape index (κ3) is 39.0. The Morgan fingerprint density at radius 3 is 1.58 bits per heavy atom. The summed E-state index contributed by atoms with van der Waals surface area (Å²) in [5.41, 5.74) is 5.34. The van der Waals surface area contributed by atoms with E-state index in [1.807, 2.05) is 0 Å². The molecule has 2 atom stereocenters. The molecular formula is C43H74NO8P. The van der Waals surface area contributed by atoms with Crippen LogP contribution in [0.15, 0.2) is 72.9 Å². The summed E-state index contributed by atoms with van der Waals surface area (Å²) in [6.07, 6.45) is 46.4. The number of carbonyl (C=O) groups is 2. The summed E-state index contributed by atoms with van der Waals surface area (Å²) >= 11 is 0. The van der Waals surface area contributed by atoms with Crippen molar-refractivity contribution in [1.29, 1.82) is 0 Å². The molecule has 0 aromatic carbocycles. The number of hydrogen-bond donors (Lipinski definition) is 2. The van der Waals surface area contributed by atoms with Crippen molar-refractivity contribution in [1.82, 2.24) is 0 Å². The number of esters is 2. The van der Waals surface area contributed by atoms with Gasteiger partial charge in [-0.15, -0.1) is 0 Å². The van der Waals surface area contributed by atoms with Crippen LogP contribution in [0.1, 0.15) is 155 Å². The lowest BCUT2D eigenvalue weighted by Crippen LogP contribution is -2.29. The van der Waals surface area contributed by atoms with Crippen molar-refractivity contribution in [2.45, 2.75) is 161 Å². The maximum atomic E-state index is 12.6. The van der Waals surface area contributed by atoms with Crippen LogP contribution < -0.4 is 5.73 Å². The van der Waals surface area contributed by atoms with Gasteiger partial charge < -0.3 is 20.1 Å². The van der Waals surface area contributed by atoms with E-state index >= 15 is 0 Å². The second-order valence-corrected chi connectivity index (χ2v) is 14.6. The Balaban J connectivity index is 4.28. The van der Waals surface area contributed by atoms with Crippen molar-refractivity contribution in [2.24, 2.45) is 5.73 Å². The zero-order chi connectivity index (χ0) is 38.9. The standard InChI is InChI=1S/C43H74NO8P/c1-3-5-7-9-11-13-15-17-19-20-22-24-26-28-30-32-34-36-43(46)52-41(40-51-53(47,48)50-38-37-44)39-49-42(45)35-33-31-29-27-25-23-21-18-16-14-12-10-8-6-4-2/h6,8,11-14,17-19,21,25,27,41H,3-5,7,9-10,15-16,20,22-24,26,28-40,44H2,1-2H3,(H,47,48)/b8-6-,13-11-,14-12-,19-17-,21-18-,27-25-/t41-/m1/s1. The minimum atomic E-state index is -4.39. The van der Waals surface area contributed by atoms with Crippen molar-refractivity contribution in [3.05, 3.63) is 72.9 Å². The zero-order valence-corrected chi connectivity index (χ0v) is 34.1. The first-order valence-electron chi connectivity index (χ1n) is 20.4. The molecule has 3 N–H and O–H groups in total. The van der Waals surface area contributed by atoms with Gasteiger partial charge in [-0.1, -0.05) is 132 Å². The van der Waals surface area contributed by atoms with Crippen LogP contribution in [0.4, 0.5) is 0 Å². The molecule has 0 spiro atoms. The summed E-state index contributed by atoms with van der Waals surface area (Å²) in [5, 5.41) is 0. The lowest BCUT2D eigenvalue weighted by Gasteiger charge is -2.19. The molecule has 0 fully saturated rings. The molecule has 0 bridgehead atoms.